The van der Waals surface area contributed by atoms with Crippen molar-refractivity contribution < 1.29 is 9.53 Å². The van der Waals surface area contributed by atoms with Crippen molar-refractivity contribution in [2.45, 2.75) is 38.6 Å². The van der Waals surface area contributed by atoms with Gasteiger partial charge in [0.15, 0.2) is 0 Å². The third-order valence-corrected chi connectivity index (χ3v) is 6.38. The Kier molecular flexibility index (Phi) is 9.04. The normalized spacial score (nSPS) is 11.0. The fraction of sp³-hybridized carbons (Fsp3) is 0.286. The van der Waals surface area contributed by atoms with Crippen LogP contribution in [0.1, 0.15) is 30.7 Å². The number of ether oxygens (including phenoxy) is 1. The summed E-state index contributed by atoms with van der Waals surface area (Å²) in [6.45, 7) is 1.88. The van der Waals surface area contributed by atoms with Gasteiger partial charge in [0.25, 0.3) is 0 Å². The molecule has 0 bridgehead atoms. The van der Waals surface area contributed by atoms with Crippen molar-refractivity contribution in [2.24, 2.45) is 0 Å². The number of nitrogens with zero attached hydrogens (tertiary/aromatic N) is 2. The Balaban J connectivity index is 1.23. The zero-order valence-corrected chi connectivity index (χ0v) is 21.1. The number of para-hydroxylation sites is 3. The van der Waals surface area contributed by atoms with Gasteiger partial charge in [0.05, 0.1) is 29.0 Å². The van der Waals surface area contributed by atoms with Gasteiger partial charge in [0, 0.05) is 18.0 Å². The van der Waals surface area contributed by atoms with E-state index in [-0.39, 0.29) is 5.91 Å². The van der Waals surface area contributed by atoms with Crippen LogP contribution in [0.3, 0.4) is 0 Å². The average Bonchev–Trinajstić information content (AvgIpc) is 3.21. The number of halogens is 2. The molecule has 1 heterocycles. The predicted molar refractivity (Wildman–Crippen MR) is 142 cm³/mol. The van der Waals surface area contributed by atoms with Crippen LogP contribution >= 0.6 is 23.2 Å². The van der Waals surface area contributed by atoms with Gasteiger partial charge in [-0.05, 0) is 54.8 Å². The van der Waals surface area contributed by atoms with Gasteiger partial charge in [-0.2, -0.15) is 0 Å². The number of imidazole rings is 1. The molecule has 0 unspecified atom stereocenters. The Morgan fingerprint density at radius 3 is 2.51 bits per heavy atom. The Labute approximate surface area is 216 Å². The van der Waals surface area contributed by atoms with Crippen LogP contribution in [0.15, 0.2) is 72.8 Å². The number of rotatable bonds is 12. The molecule has 0 radical (unpaired) electrons. The largest absolute Gasteiger partial charge is 0.490 e. The molecule has 5 nitrogen and oxygen atoms in total. The van der Waals surface area contributed by atoms with Gasteiger partial charge in [0.1, 0.15) is 18.2 Å². The molecule has 0 saturated heterocycles. The van der Waals surface area contributed by atoms with E-state index in [1.54, 1.807) is 12.1 Å². The molecule has 0 atom stereocenters. The molecule has 3 aromatic carbocycles. The molecule has 182 valence electrons. The SMILES string of the molecule is O=C(Cc1ccc(Cl)cc1)NCCCCCc1nc2ccccc2n1CCOc1ccccc1Cl. The first-order chi connectivity index (χ1) is 17.1. The molecule has 0 aliphatic heterocycles. The van der Waals surface area contributed by atoms with Crippen LogP contribution in [0.2, 0.25) is 10.0 Å². The Morgan fingerprint density at radius 2 is 1.69 bits per heavy atom. The minimum absolute atomic E-state index is 0.0348. The van der Waals surface area contributed by atoms with Crippen LogP contribution < -0.4 is 10.1 Å². The number of fused-ring (bicyclic) bond motifs is 1. The van der Waals surface area contributed by atoms with Crippen molar-refractivity contribution in [2.75, 3.05) is 13.2 Å². The first kappa shape index (κ1) is 25.1. The summed E-state index contributed by atoms with van der Waals surface area (Å²) in [6.07, 6.45) is 4.20. The van der Waals surface area contributed by atoms with Crippen LogP contribution in [-0.2, 0) is 24.2 Å². The topological polar surface area (TPSA) is 56.2 Å². The number of hydrogen-bond acceptors (Lipinski definition) is 3. The van der Waals surface area contributed by atoms with Crippen molar-refractivity contribution in [1.82, 2.24) is 14.9 Å². The second kappa shape index (κ2) is 12.6. The molecular formula is C28H29Cl2N3O2. The van der Waals surface area contributed by atoms with Gasteiger partial charge in [-0.25, -0.2) is 4.98 Å². The monoisotopic (exact) mass is 509 g/mol. The van der Waals surface area contributed by atoms with Crippen molar-refractivity contribution >= 4 is 40.1 Å². The lowest BCUT2D eigenvalue weighted by molar-refractivity contribution is -0.120. The average molecular weight is 510 g/mol. The number of nitrogens with one attached hydrogen (secondary N) is 1. The van der Waals surface area contributed by atoms with Crippen molar-refractivity contribution in [3.8, 4) is 5.75 Å². The fourth-order valence-corrected chi connectivity index (χ4v) is 4.35. The van der Waals surface area contributed by atoms with E-state index in [9.17, 15) is 4.79 Å². The van der Waals surface area contributed by atoms with E-state index < -0.39 is 0 Å². The molecule has 4 aromatic rings. The van der Waals surface area contributed by atoms with Gasteiger partial charge >= 0.3 is 0 Å². The van der Waals surface area contributed by atoms with Gasteiger partial charge in [-0.15, -0.1) is 0 Å². The Bertz CT molecular complexity index is 1250. The first-order valence-electron chi connectivity index (χ1n) is 11.9. The molecule has 4 rings (SSSR count). The second-order valence-corrected chi connectivity index (χ2v) is 9.25. The number of aryl methyl sites for hydroxylation is 1. The summed E-state index contributed by atoms with van der Waals surface area (Å²) in [5.74, 6) is 1.78. The molecule has 0 saturated carbocycles. The van der Waals surface area contributed by atoms with E-state index >= 15 is 0 Å². The zero-order valence-electron chi connectivity index (χ0n) is 19.6. The summed E-state index contributed by atoms with van der Waals surface area (Å²) >= 11 is 12.1. The van der Waals surface area contributed by atoms with Crippen LogP contribution in [0.4, 0.5) is 0 Å². The van der Waals surface area contributed by atoms with Crippen LogP contribution in [0.5, 0.6) is 5.75 Å². The minimum Gasteiger partial charge on any atom is -0.490 e. The van der Waals surface area contributed by atoms with E-state index in [1.165, 1.54) is 0 Å². The fourth-order valence-electron chi connectivity index (χ4n) is 4.04. The number of carbonyl (C=O) groups excluding carboxylic acids is 1. The van der Waals surface area contributed by atoms with Crippen LogP contribution in [0, 0.1) is 0 Å². The summed E-state index contributed by atoms with van der Waals surface area (Å²) in [5, 5.41) is 4.30. The molecule has 1 amide bonds. The standard InChI is InChI=1S/C28H29Cl2N3O2/c29-22-15-13-21(14-16-22)20-28(34)31-17-7-1-2-12-27-32-24-9-4-5-10-25(24)33(27)18-19-35-26-11-6-3-8-23(26)30/h3-6,8-11,13-16H,1-2,7,12,17-20H2,(H,31,34). The predicted octanol–water partition coefficient (Wildman–Crippen LogP) is 6.49. The quantitative estimate of drug-likeness (QED) is 0.222. The highest BCUT2D eigenvalue weighted by Gasteiger charge is 2.11. The molecule has 0 fully saturated rings. The highest BCUT2D eigenvalue weighted by molar-refractivity contribution is 6.32. The number of benzene rings is 3. The first-order valence-corrected chi connectivity index (χ1v) is 12.7. The van der Waals surface area contributed by atoms with E-state index in [0.717, 1.165) is 48.1 Å². The minimum atomic E-state index is 0.0348. The molecule has 0 aliphatic rings. The second-order valence-electron chi connectivity index (χ2n) is 8.41. The van der Waals surface area contributed by atoms with Crippen LogP contribution in [-0.4, -0.2) is 28.6 Å². The van der Waals surface area contributed by atoms with E-state index in [4.69, 9.17) is 32.9 Å². The van der Waals surface area contributed by atoms with Crippen molar-refractivity contribution in [1.29, 1.82) is 0 Å². The summed E-state index contributed by atoms with van der Waals surface area (Å²) in [5.41, 5.74) is 3.07. The maximum Gasteiger partial charge on any atom is 0.224 e. The van der Waals surface area contributed by atoms with Crippen molar-refractivity contribution in [3.63, 3.8) is 0 Å². The smallest absolute Gasteiger partial charge is 0.224 e. The molecule has 7 heteroatoms. The zero-order chi connectivity index (χ0) is 24.5. The summed E-state index contributed by atoms with van der Waals surface area (Å²) in [4.78, 5) is 17.0. The number of aromatic nitrogens is 2. The third kappa shape index (κ3) is 7.23. The summed E-state index contributed by atoms with van der Waals surface area (Å²) < 4.78 is 8.15. The number of carbonyl (C=O) groups is 1. The molecule has 1 N–H and O–H groups in total. The number of amides is 1. The van der Waals surface area contributed by atoms with E-state index in [0.29, 0.717) is 41.9 Å². The van der Waals surface area contributed by atoms with Gasteiger partial charge in [-0.1, -0.05) is 66.0 Å². The molecule has 0 aliphatic carbocycles. The molecule has 1 aromatic heterocycles. The van der Waals surface area contributed by atoms with E-state index in [1.807, 2.05) is 54.6 Å². The Hall–Kier alpha value is -3.02. The third-order valence-electron chi connectivity index (χ3n) is 5.82. The highest BCUT2D eigenvalue weighted by atomic mass is 35.5. The lowest BCUT2D eigenvalue weighted by Gasteiger charge is -2.12. The molecule has 0 spiro atoms. The number of hydrogen-bond donors (Lipinski definition) is 1. The van der Waals surface area contributed by atoms with Crippen LogP contribution in [0.25, 0.3) is 11.0 Å². The maximum atomic E-state index is 12.1. The molecular weight excluding hydrogens is 481 g/mol. The highest BCUT2D eigenvalue weighted by Crippen LogP contribution is 2.24. The lowest BCUT2D eigenvalue weighted by Crippen LogP contribution is -2.26. The Morgan fingerprint density at radius 1 is 0.914 bits per heavy atom. The van der Waals surface area contributed by atoms with Gasteiger partial charge in [-0.3, -0.25) is 4.79 Å². The molecule has 35 heavy (non-hydrogen) atoms. The number of unbranched alkanes of at least 4 members (excludes halogenated alkanes) is 2. The van der Waals surface area contributed by atoms with Gasteiger partial charge < -0.3 is 14.6 Å². The summed E-state index contributed by atoms with van der Waals surface area (Å²) in [6, 6.07) is 23.1. The van der Waals surface area contributed by atoms with Gasteiger partial charge in [0.2, 0.25) is 5.91 Å². The lowest BCUT2D eigenvalue weighted by atomic mass is 10.1. The van der Waals surface area contributed by atoms with E-state index in [2.05, 4.69) is 16.0 Å². The van der Waals surface area contributed by atoms with Crippen molar-refractivity contribution in [3.05, 3.63) is 94.2 Å². The maximum absolute atomic E-state index is 12.1. The summed E-state index contributed by atoms with van der Waals surface area (Å²) in [7, 11) is 0.